The molecule has 4 aromatic carbocycles. The van der Waals surface area contributed by atoms with Gasteiger partial charge in [-0.15, -0.1) is 0 Å². The van der Waals surface area contributed by atoms with Crippen molar-refractivity contribution in [3.8, 4) is 0 Å². The third-order valence-electron chi connectivity index (χ3n) is 4.95. The van der Waals surface area contributed by atoms with Crippen molar-refractivity contribution in [1.82, 2.24) is 0 Å². The van der Waals surface area contributed by atoms with Gasteiger partial charge in [0.2, 0.25) is 0 Å². The predicted octanol–water partition coefficient (Wildman–Crippen LogP) is 7.37. The maximum Gasteiger partial charge on any atom is 0.194 e. The number of fused-ring (bicyclic) bond motifs is 2. The maximum atomic E-state index is 13.6. The van der Waals surface area contributed by atoms with Crippen LogP contribution in [0.2, 0.25) is 0 Å². The van der Waals surface area contributed by atoms with Crippen molar-refractivity contribution in [2.45, 2.75) is 13.8 Å². The second-order valence-electron chi connectivity index (χ2n) is 6.56. The van der Waals surface area contributed by atoms with E-state index in [2.05, 4.69) is 50.1 Å². The molecule has 0 aliphatic rings. The fourth-order valence-corrected chi connectivity index (χ4v) is 4.18. The molecule has 0 spiro atoms. The SMILES string of the molecule is Cc1cccc(C(=O)c2c3ccc(Br)cc3cc3ccc(Br)cc23)c1C. The Hall–Kier alpha value is -1.97. The lowest BCUT2D eigenvalue weighted by atomic mass is 9.89. The van der Waals surface area contributed by atoms with E-state index in [1.165, 1.54) is 0 Å². The van der Waals surface area contributed by atoms with Crippen LogP contribution in [-0.4, -0.2) is 5.78 Å². The molecule has 0 saturated carbocycles. The quantitative estimate of drug-likeness (QED) is 0.222. The molecule has 0 radical (unpaired) electrons. The molecule has 3 heteroatoms. The Morgan fingerprint density at radius 3 is 2.31 bits per heavy atom. The van der Waals surface area contributed by atoms with Crippen molar-refractivity contribution in [2.75, 3.05) is 0 Å². The highest BCUT2D eigenvalue weighted by atomic mass is 79.9. The number of rotatable bonds is 2. The molecule has 0 bridgehead atoms. The molecule has 4 aromatic rings. The molecule has 1 nitrogen and oxygen atoms in total. The molecular formula is C23H16Br2O. The molecule has 0 atom stereocenters. The third kappa shape index (κ3) is 2.89. The number of benzene rings is 4. The van der Waals surface area contributed by atoms with Gasteiger partial charge in [0.25, 0.3) is 0 Å². The monoisotopic (exact) mass is 466 g/mol. The molecule has 128 valence electrons. The van der Waals surface area contributed by atoms with Crippen LogP contribution in [0.5, 0.6) is 0 Å². The average molecular weight is 468 g/mol. The highest BCUT2D eigenvalue weighted by Crippen LogP contribution is 2.34. The zero-order valence-electron chi connectivity index (χ0n) is 14.4. The van der Waals surface area contributed by atoms with E-state index in [1.54, 1.807) is 0 Å². The number of carbonyl (C=O) groups excluding carboxylic acids is 1. The van der Waals surface area contributed by atoms with E-state index in [0.717, 1.165) is 52.7 Å². The zero-order chi connectivity index (χ0) is 18.4. The number of halogens is 2. The van der Waals surface area contributed by atoms with E-state index in [0.29, 0.717) is 0 Å². The summed E-state index contributed by atoms with van der Waals surface area (Å²) < 4.78 is 1.98. The van der Waals surface area contributed by atoms with E-state index in [1.807, 2.05) is 56.3 Å². The summed E-state index contributed by atoms with van der Waals surface area (Å²) >= 11 is 7.10. The van der Waals surface area contributed by atoms with Gasteiger partial charge in [-0.05, 0) is 76.9 Å². The topological polar surface area (TPSA) is 17.1 Å². The highest BCUT2D eigenvalue weighted by Gasteiger charge is 2.19. The first-order valence-electron chi connectivity index (χ1n) is 8.38. The van der Waals surface area contributed by atoms with Crippen molar-refractivity contribution in [3.63, 3.8) is 0 Å². The van der Waals surface area contributed by atoms with Gasteiger partial charge in [0.1, 0.15) is 0 Å². The molecule has 0 aromatic heterocycles. The van der Waals surface area contributed by atoms with Gasteiger partial charge in [-0.3, -0.25) is 4.79 Å². The average Bonchev–Trinajstić information content (AvgIpc) is 2.61. The second-order valence-corrected chi connectivity index (χ2v) is 8.39. The Labute approximate surface area is 169 Å². The Morgan fingerprint density at radius 2 is 1.50 bits per heavy atom. The molecule has 0 aliphatic carbocycles. The number of ketones is 1. The lowest BCUT2D eigenvalue weighted by molar-refractivity contribution is 0.104. The summed E-state index contributed by atoms with van der Waals surface area (Å²) in [5, 5.41) is 4.07. The molecule has 0 amide bonds. The molecule has 0 saturated heterocycles. The van der Waals surface area contributed by atoms with Gasteiger partial charge >= 0.3 is 0 Å². The lowest BCUT2D eigenvalue weighted by Gasteiger charge is -2.14. The largest absolute Gasteiger partial charge is 0.289 e. The smallest absolute Gasteiger partial charge is 0.194 e. The molecule has 4 rings (SSSR count). The predicted molar refractivity (Wildman–Crippen MR) is 116 cm³/mol. The van der Waals surface area contributed by atoms with Crippen LogP contribution < -0.4 is 0 Å². The lowest BCUT2D eigenvalue weighted by Crippen LogP contribution is -2.06. The first kappa shape index (κ1) is 17.4. The number of hydrogen-bond donors (Lipinski definition) is 0. The first-order valence-corrected chi connectivity index (χ1v) is 9.97. The van der Waals surface area contributed by atoms with Gasteiger partial charge in [0.05, 0.1) is 0 Å². The van der Waals surface area contributed by atoms with Crippen molar-refractivity contribution < 1.29 is 4.79 Å². The van der Waals surface area contributed by atoms with Crippen molar-refractivity contribution in [2.24, 2.45) is 0 Å². The number of carbonyl (C=O) groups is 1. The van der Waals surface area contributed by atoms with E-state index in [4.69, 9.17) is 0 Å². The summed E-state index contributed by atoms with van der Waals surface area (Å²) in [4.78, 5) is 13.6. The number of aryl methyl sites for hydroxylation is 1. The molecule has 0 aliphatic heterocycles. The molecule has 26 heavy (non-hydrogen) atoms. The minimum atomic E-state index is 0.0715. The molecule has 0 heterocycles. The summed E-state index contributed by atoms with van der Waals surface area (Å²) in [7, 11) is 0. The fourth-order valence-electron chi connectivity index (χ4n) is 3.44. The Kier molecular flexibility index (Phi) is 4.45. The Morgan fingerprint density at radius 1 is 0.769 bits per heavy atom. The van der Waals surface area contributed by atoms with Gasteiger partial charge in [0.15, 0.2) is 5.78 Å². The molecule has 0 fully saturated rings. The van der Waals surface area contributed by atoms with Crippen LogP contribution in [0.3, 0.4) is 0 Å². The van der Waals surface area contributed by atoms with Crippen LogP contribution in [0.4, 0.5) is 0 Å². The van der Waals surface area contributed by atoms with Crippen molar-refractivity contribution in [1.29, 1.82) is 0 Å². The van der Waals surface area contributed by atoms with Crippen LogP contribution in [0, 0.1) is 13.8 Å². The zero-order valence-corrected chi connectivity index (χ0v) is 17.6. The maximum absolute atomic E-state index is 13.6. The molecule has 0 N–H and O–H groups in total. The van der Waals surface area contributed by atoms with E-state index in [-0.39, 0.29) is 5.78 Å². The fraction of sp³-hybridized carbons (Fsp3) is 0.0870. The highest BCUT2D eigenvalue weighted by molar-refractivity contribution is 9.10. The summed E-state index contributed by atoms with van der Waals surface area (Å²) in [6.07, 6.45) is 0. The normalized spacial score (nSPS) is 11.2. The van der Waals surface area contributed by atoms with Crippen LogP contribution in [0.1, 0.15) is 27.0 Å². The minimum Gasteiger partial charge on any atom is -0.289 e. The third-order valence-corrected chi connectivity index (χ3v) is 5.94. The summed E-state index contributed by atoms with van der Waals surface area (Å²) in [6.45, 7) is 4.06. The Bertz CT molecular complexity index is 1190. The van der Waals surface area contributed by atoms with E-state index < -0.39 is 0 Å². The van der Waals surface area contributed by atoms with Crippen LogP contribution >= 0.6 is 31.9 Å². The number of hydrogen-bond acceptors (Lipinski definition) is 1. The van der Waals surface area contributed by atoms with Gasteiger partial charge < -0.3 is 0 Å². The first-order chi connectivity index (χ1) is 12.5. The second kappa shape index (κ2) is 6.64. The molecular weight excluding hydrogens is 452 g/mol. The summed E-state index contributed by atoms with van der Waals surface area (Å²) in [5.41, 5.74) is 3.70. The van der Waals surface area contributed by atoms with E-state index >= 15 is 0 Å². The van der Waals surface area contributed by atoms with Crippen LogP contribution in [0.25, 0.3) is 21.5 Å². The minimum absolute atomic E-state index is 0.0715. The van der Waals surface area contributed by atoms with Gasteiger partial charge in [-0.25, -0.2) is 0 Å². The van der Waals surface area contributed by atoms with Crippen LogP contribution in [-0.2, 0) is 0 Å². The summed E-state index contributed by atoms with van der Waals surface area (Å²) in [6, 6.07) is 20.2. The summed E-state index contributed by atoms with van der Waals surface area (Å²) in [5.74, 6) is 0.0715. The van der Waals surface area contributed by atoms with Gasteiger partial charge in [0, 0.05) is 20.1 Å². The van der Waals surface area contributed by atoms with Gasteiger partial charge in [-0.1, -0.05) is 62.2 Å². The van der Waals surface area contributed by atoms with E-state index in [9.17, 15) is 4.79 Å². The van der Waals surface area contributed by atoms with Crippen LogP contribution in [0.15, 0.2) is 69.6 Å². The van der Waals surface area contributed by atoms with Crippen molar-refractivity contribution in [3.05, 3.63) is 91.9 Å². The van der Waals surface area contributed by atoms with Gasteiger partial charge in [-0.2, -0.15) is 0 Å². The molecule has 0 unspecified atom stereocenters. The standard InChI is InChI=1S/C23H16Br2O/c1-13-4-3-5-19(14(13)2)23(26)22-20-9-8-17(24)11-16(20)10-15-6-7-18(25)12-21(15)22/h3-12H,1-2H3. The van der Waals surface area contributed by atoms with Crippen molar-refractivity contribution >= 4 is 59.2 Å². The Balaban J connectivity index is 2.12.